The molecule has 0 radical (unpaired) electrons. The number of hydrogen-bond acceptors (Lipinski definition) is 2. The molecule has 2 nitrogen and oxygen atoms in total. The van der Waals surface area contributed by atoms with Crippen LogP contribution in [0.25, 0.3) is 0 Å². The minimum absolute atomic E-state index is 0.0866. The van der Waals surface area contributed by atoms with Gasteiger partial charge in [0.2, 0.25) is 0 Å². The molecule has 0 bridgehead atoms. The number of hydrogen-bond donors (Lipinski definition) is 0. The zero-order valence-corrected chi connectivity index (χ0v) is 11.3. The van der Waals surface area contributed by atoms with E-state index in [-0.39, 0.29) is 4.90 Å². The van der Waals surface area contributed by atoms with E-state index in [1.54, 1.807) is 61.5 Å². The molecule has 0 amide bonds. The second-order valence-corrected chi connectivity index (χ2v) is 4.34. The number of nitrogens with zero attached hydrogens (tertiary/aromatic N) is 1. The molecule has 0 aliphatic rings. The monoisotopic (exact) mass is 278 g/mol. The Labute approximate surface area is 134 Å². The molecule has 106 valence electrons. The summed E-state index contributed by atoms with van der Waals surface area (Å²) in [6.07, 6.45) is -2.02. The Hall–Kier alpha value is -1.64. The molecule has 0 saturated heterocycles. The lowest BCUT2D eigenvalue weighted by atomic mass is 9.97. The van der Waals surface area contributed by atoms with Crippen LogP contribution in [0.3, 0.4) is 0 Å². The van der Waals surface area contributed by atoms with E-state index in [0.29, 0.717) is 16.7 Å². The number of ether oxygens (including phenoxy) is 1. The van der Waals surface area contributed by atoms with Crippen molar-refractivity contribution in [2.24, 2.45) is 0 Å². The molecular formula is C18H23NO. The second kappa shape index (κ2) is 7.22. The summed E-state index contributed by atoms with van der Waals surface area (Å²) in [6.45, 7) is -8.22. The van der Waals surface area contributed by atoms with E-state index in [1.807, 2.05) is 0 Å². The van der Waals surface area contributed by atoms with Gasteiger partial charge in [0.25, 0.3) is 0 Å². The maximum absolute atomic E-state index is 8.99. The molecule has 0 saturated carbocycles. The van der Waals surface area contributed by atoms with Crippen LogP contribution in [0.5, 0.6) is 0 Å². The van der Waals surface area contributed by atoms with Crippen molar-refractivity contribution in [1.29, 1.82) is 0 Å². The van der Waals surface area contributed by atoms with Gasteiger partial charge in [-0.2, -0.15) is 0 Å². The van der Waals surface area contributed by atoms with Gasteiger partial charge in [-0.3, -0.25) is 0 Å². The van der Waals surface area contributed by atoms with Crippen molar-refractivity contribution >= 4 is 0 Å². The summed E-state index contributed by atoms with van der Waals surface area (Å²) in [4.78, 5) is 0.0866. The molecule has 20 heavy (non-hydrogen) atoms. The molecule has 1 unspecified atom stereocenters. The highest BCUT2D eigenvalue weighted by molar-refractivity contribution is 5.35. The second-order valence-electron chi connectivity index (χ2n) is 4.34. The Morgan fingerprint density at radius 3 is 2.55 bits per heavy atom. The van der Waals surface area contributed by atoms with Crippen molar-refractivity contribution in [2.75, 3.05) is 27.1 Å². The molecule has 2 aromatic carbocycles. The van der Waals surface area contributed by atoms with E-state index in [2.05, 4.69) is 0 Å². The zero-order chi connectivity index (χ0) is 22.1. The van der Waals surface area contributed by atoms with Gasteiger partial charge in [0.15, 0.2) is 0 Å². The van der Waals surface area contributed by atoms with E-state index in [4.69, 9.17) is 17.1 Å². The molecule has 0 aliphatic heterocycles. The highest BCUT2D eigenvalue weighted by Crippen LogP contribution is 2.28. The van der Waals surface area contributed by atoms with Gasteiger partial charge in [-0.15, -0.1) is 0 Å². The van der Waals surface area contributed by atoms with Gasteiger partial charge in [0, 0.05) is 14.8 Å². The summed E-state index contributed by atoms with van der Waals surface area (Å²) < 4.78 is 75.7. The molecule has 0 spiro atoms. The van der Waals surface area contributed by atoms with Crippen molar-refractivity contribution in [3.63, 3.8) is 0 Å². The minimum atomic E-state index is -3.07. The number of likely N-dealkylation sites (N-methyl/N-ethyl adjacent to an activating group) is 1. The van der Waals surface area contributed by atoms with Crippen LogP contribution in [0, 0.1) is 6.92 Å². The largest absolute Gasteiger partial charge is 0.367 e. The number of rotatable bonds is 6. The van der Waals surface area contributed by atoms with Gasteiger partial charge in [-0.05, 0) is 37.6 Å². The van der Waals surface area contributed by atoms with E-state index in [9.17, 15) is 0 Å². The zero-order valence-electron chi connectivity index (χ0n) is 20.3. The predicted octanol–water partition coefficient (Wildman–Crippen LogP) is 3.66. The molecule has 2 rings (SSSR count). The van der Waals surface area contributed by atoms with Gasteiger partial charge in [0.1, 0.15) is 6.08 Å². The van der Waals surface area contributed by atoms with Crippen molar-refractivity contribution in [3.8, 4) is 0 Å². The van der Waals surface area contributed by atoms with Crippen LogP contribution in [-0.2, 0) is 4.74 Å². The summed E-state index contributed by atoms with van der Waals surface area (Å²) in [5.74, 6) is 0. The molecule has 1 atom stereocenters. The Bertz CT molecular complexity index is 806. The van der Waals surface area contributed by atoms with Crippen molar-refractivity contribution < 1.29 is 17.1 Å². The molecule has 0 fully saturated rings. The molecule has 0 aliphatic carbocycles. The lowest BCUT2D eigenvalue weighted by Gasteiger charge is -2.22. The SMILES string of the molecule is [2H]C([2H])(CN(C([2H])([2H])[2H])C([2H])([2H])[2H])OC([2H])(c1ccccc1)c1ccccc1C. The standard InChI is InChI=1S/C18H23NO/c1-15-9-7-8-12-17(15)18(20-14-13-19(2)3)16-10-5-4-6-11-16/h4-12,18H,13-14H2,1-3H3/i2D3,3D3,14D2,18D. The third kappa shape index (κ3) is 3.92. The van der Waals surface area contributed by atoms with Gasteiger partial charge in [-0.25, -0.2) is 0 Å². The first kappa shape index (κ1) is 6.88. The highest BCUT2D eigenvalue weighted by atomic mass is 16.5. The maximum atomic E-state index is 8.99. The third-order valence-electron chi connectivity index (χ3n) is 2.82. The molecule has 0 heterocycles. The van der Waals surface area contributed by atoms with Crippen molar-refractivity contribution in [2.45, 2.75) is 13.0 Å². The Balaban J connectivity index is 2.50. The topological polar surface area (TPSA) is 12.5 Å². The van der Waals surface area contributed by atoms with Crippen molar-refractivity contribution in [1.82, 2.24) is 4.90 Å². The van der Waals surface area contributed by atoms with Gasteiger partial charge in [-0.1, -0.05) is 54.6 Å². The van der Waals surface area contributed by atoms with Crippen LogP contribution >= 0.6 is 0 Å². The van der Waals surface area contributed by atoms with Crippen LogP contribution in [-0.4, -0.2) is 32.0 Å². The first-order valence-corrected chi connectivity index (χ1v) is 6.26. The molecular weight excluding hydrogens is 246 g/mol. The fourth-order valence-electron chi connectivity index (χ4n) is 1.86. The van der Waals surface area contributed by atoms with Crippen LogP contribution in [0.15, 0.2) is 54.6 Å². The number of aryl methyl sites for hydroxylation is 1. The first-order chi connectivity index (χ1) is 13.2. The van der Waals surface area contributed by atoms with E-state index in [1.165, 1.54) is 0 Å². The summed E-state index contributed by atoms with van der Waals surface area (Å²) in [5, 5.41) is 0. The van der Waals surface area contributed by atoms with Gasteiger partial charge in [0.05, 0.1) is 10.7 Å². The van der Waals surface area contributed by atoms with E-state index >= 15 is 0 Å². The van der Waals surface area contributed by atoms with Crippen LogP contribution in [0.2, 0.25) is 0 Å². The molecule has 2 aromatic rings. The van der Waals surface area contributed by atoms with Crippen LogP contribution in [0.4, 0.5) is 0 Å². The Morgan fingerprint density at radius 1 is 1.15 bits per heavy atom. The minimum Gasteiger partial charge on any atom is -0.367 e. The fraction of sp³-hybridized carbons (Fsp3) is 0.333. The average molecular weight is 278 g/mol. The van der Waals surface area contributed by atoms with Crippen LogP contribution < -0.4 is 0 Å². The third-order valence-corrected chi connectivity index (χ3v) is 2.82. The maximum Gasteiger partial charge on any atom is 0.108 e. The fourth-order valence-corrected chi connectivity index (χ4v) is 1.86. The summed E-state index contributed by atoms with van der Waals surface area (Å²) in [5.41, 5.74) is 1.36. The molecule has 0 N–H and O–H groups in total. The van der Waals surface area contributed by atoms with Crippen molar-refractivity contribution in [3.05, 3.63) is 71.3 Å². The Morgan fingerprint density at radius 2 is 1.85 bits per heavy atom. The lowest BCUT2D eigenvalue weighted by molar-refractivity contribution is 0.0683. The summed E-state index contributed by atoms with van der Waals surface area (Å²) >= 11 is 0. The summed E-state index contributed by atoms with van der Waals surface area (Å²) in [7, 11) is 0. The quantitative estimate of drug-likeness (QED) is 0.799. The highest BCUT2D eigenvalue weighted by Gasteiger charge is 2.16. The smallest absolute Gasteiger partial charge is 0.108 e. The lowest BCUT2D eigenvalue weighted by Crippen LogP contribution is -2.20. The number of benzene rings is 2. The normalized spacial score (nSPS) is 22.8. The molecule has 2 heteroatoms. The molecule has 0 aromatic heterocycles. The predicted molar refractivity (Wildman–Crippen MR) is 84.0 cm³/mol. The summed E-state index contributed by atoms with van der Waals surface area (Å²) in [6, 6.07) is 15.1. The van der Waals surface area contributed by atoms with E-state index in [0.717, 1.165) is 0 Å². The first-order valence-electron chi connectivity index (χ1n) is 10.8. The Kier molecular flexibility index (Phi) is 2.49. The average Bonchev–Trinajstić information content (AvgIpc) is 2.58. The van der Waals surface area contributed by atoms with Gasteiger partial charge >= 0.3 is 0 Å². The van der Waals surface area contributed by atoms with Gasteiger partial charge < -0.3 is 9.64 Å². The van der Waals surface area contributed by atoms with E-state index < -0.39 is 33.1 Å². The van der Waals surface area contributed by atoms with Crippen LogP contribution in [0.1, 0.15) is 35.1 Å².